The monoisotopic (exact) mass is 943 g/mol. The summed E-state index contributed by atoms with van der Waals surface area (Å²) in [5, 5.41) is 35.7. The smallest absolute Gasteiger partial charge is 0.246 e. The number of benzene rings is 3. The van der Waals surface area contributed by atoms with E-state index in [0.29, 0.717) is 17.2 Å². The molecule has 0 saturated heterocycles. The van der Waals surface area contributed by atoms with Crippen molar-refractivity contribution < 1.29 is 38.9 Å². The fourth-order valence-corrected chi connectivity index (χ4v) is 8.69. The fourth-order valence-electron chi connectivity index (χ4n) is 6.59. The number of thioether (sulfide) groups is 2. The second-order valence-corrected chi connectivity index (χ2v) is 19.3. The summed E-state index contributed by atoms with van der Waals surface area (Å²) in [6, 6.07) is 22.6. The van der Waals surface area contributed by atoms with E-state index >= 15 is 0 Å². The summed E-state index contributed by atoms with van der Waals surface area (Å²) in [7, 11) is 0. The third-order valence-corrected chi connectivity index (χ3v) is 12.1. The predicted octanol–water partition coefficient (Wildman–Crippen LogP) is 3.18. The Labute approximate surface area is 395 Å². The number of hydrogen-bond donors (Lipinski definition) is 7. The molecule has 0 saturated carbocycles. The first-order valence-electron chi connectivity index (χ1n) is 21.8. The van der Waals surface area contributed by atoms with Gasteiger partial charge in [-0.05, 0) is 29.0 Å². The molecule has 0 bridgehead atoms. The van der Waals surface area contributed by atoms with Crippen LogP contribution in [0.3, 0.4) is 0 Å². The maximum absolute atomic E-state index is 14.3. The van der Waals surface area contributed by atoms with Crippen molar-refractivity contribution in [1.29, 1.82) is 0 Å². The number of nitrogens with two attached hydrogens (primary N) is 1. The first-order valence-corrected chi connectivity index (χ1v) is 24.1. The van der Waals surface area contributed by atoms with E-state index in [1.165, 1.54) is 36.0 Å². The lowest BCUT2D eigenvalue weighted by Gasteiger charge is -2.30. The van der Waals surface area contributed by atoms with Crippen LogP contribution in [0.2, 0.25) is 0 Å². The molecule has 0 radical (unpaired) electrons. The van der Waals surface area contributed by atoms with Gasteiger partial charge in [0, 0.05) is 53.3 Å². The van der Waals surface area contributed by atoms with Gasteiger partial charge in [0.15, 0.2) is 0 Å². The number of aliphatic hydroxyl groups excluding tert-OH is 1. The van der Waals surface area contributed by atoms with E-state index in [1.54, 1.807) is 20.8 Å². The van der Waals surface area contributed by atoms with Crippen molar-refractivity contribution in [3.8, 4) is 0 Å². The van der Waals surface area contributed by atoms with Crippen LogP contribution in [0.15, 0.2) is 109 Å². The molecule has 0 aliphatic rings. The molecule has 1 aromatic heterocycles. The van der Waals surface area contributed by atoms with Gasteiger partial charge in [-0.15, -0.1) is 0 Å². The fraction of sp³-hybridized carbons (Fsp3) is 0.438. The number of carbonyl (C=O) groups excluding carboxylic acids is 5. The molecule has 6 atom stereocenters. The van der Waals surface area contributed by atoms with E-state index in [2.05, 4.69) is 36.2 Å². The third-order valence-electron chi connectivity index (χ3n) is 9.85. The normalized spacial score (nSPS) is 14.5. The molecule has 5 amide bonds. The molecule has 6 unspecified atom stereocenters. The number of ether oxygens (including phenoxy) is 1. The number of aromatic amines is 1. The van der Waals surface area contributed by atoms with E-state index in [9.17, 15) is 34.2 Å². The van der Waals surface area contributed by atoms with Crippen molar-refractivity contribution in [1.82, 2.24) is 31.2 Å². The highest BCUT2D eigenvalue weighted by Gasteiger charge is 2.32. The van der Waals surface area contributed by atoms with Crippen molar-refractivity contribution >= 4 is 59.1 Å². The molecular formula is C48H63N8O8S2-. The predicted molar refractivity (Wildman–Crippen MR) is 257 cm³/mol. The number of imidazole rings is 1. The number of nitrogens with zero attached hydrogens (tertiary/aromatic N) is 2. The molecule has 4 aromatic rings. The number of hydrogen-bond acceptors (Lipinski definition) is 12. The maximum Gasteiger partial charge on any atom is 0.246 e. The van der Waals surface area contributed by atoms with E-state index in [-0.39, 0.29) is 36.7 Å². The van der Waals surface area contributed by atoms with Gasteiger partial charge in [0.25, 0.3) is 0 Å². The zero-order valence-corrected chi connectivity index (χ0v) is 39.7. The largest absolute Gasteiger partial charge is 0.595 e. The quantitative estimate of drug-likeness (QED) is 0.0356. The van der Waals surface area contributed by atoms with Crippen molar-refractivity contribution in [3.05, 3.63) is 126 Å². The number of amides is 5. The Bertz CT molecular complexity index is 2140. The van der Waals surface area contributed by atoms with Gasteiger partial charge in [-0.2, -0.15) is 23.5 Å². The van der Waals surface area contributed by atoms with Gasteiger partial charge in [0.05, 0.1) is 24.9 Å². The summed E-state index contributed by atoms with van der Waals surface area (Å²) >= 11 is 2.80. The van der Waals surface area contributed by atoms with Crippen molar-refractivity contribution in [2.45, 2.75) is 114 Å². The van der Waals surface area contributed by atoms with Gasteiger partial charge < -0.3 is 46.9 Å². The molecule has 18 heteroatoms. The Morgan fingerprint density at radius 1 is 0.758 bits per heavy atom. The number of rotatable bonds is 26. The molecule has 16 nitrogen and oxygen atoms in total. The Morgan fingerprint density at radius 3 is 1.83 bits per heavy atom. The average Bonchev–Trinajstić information content (AvgIpc) is 3.78. The van der Waals surface area contributed by atoms with Crippen LogP contribution < -0.4 is 32.1 Å². The summed E-state index contributed by atoms with van der Waals surface area (Å²) < 4.78 is 5.41. The first-order chi connectivity index (χ1) is 31.4. The molecule has 0 spiro atoms. The van der Waals surface area contributed by atoms with E-state index in [0.717, 1.165) is 16.7 Å². The molecule has 1 heterocycles. The van der Waals surface area contributed by atoms with Gasteiger partial charge in [0.1, 0.15) is 30.3 Å². The minimum absolute atomic E-state index is 0.0447. The van der Waals surface area contributed by atoms with Gasteiger partial charge in [-0.3, -0.25) is 29.0 Å². The van der Waals surface area contributed by atoms with Crippen LogP contribution in [-0.2, 0) is 53.1 Å². The standard InChI is InChI=1S/C48H64N8O8S2/c1-31(2)21-37(44(60)53-36(43(49)59)22-32-15-9-6-10-16-32)52-42(58)24-41(57)39(28-65-26-33-17-11-7-12-18-33)55-45(61)38(23-35-25-50-30-51-35)54-46(62)40(56-47(63)64-48(3,4)5)29-66-27-34-19-13-8-14-20-34/h6-20,25,30-31,36-41,57H,21-24,26-29H2,1-5H3,(H2,49,59)(H,50,51)(H,52,58)(H,53,60)(H,54,62)(H,55,61)(H,56,63)/p-1. The summed E-state index contributed by atoms with van der Waals surface area (Å²) in [5.41, 5.74) is 8.10. The Kier molecular flexibility index (Phi) is 21.5. The lowest BCUT2D eigenvalue weighted by Crippen LogP contribution is -2.57. The average molecular weight is 944 g/mol. The van der Waals surface area contributed by atoms with E-state index in [1.807, 2.05) is 105 Å². The van der Waals surface area contributed by atoms with Gasteiger partial charge in [-0.1, -0.05) is 126 Å². The summed E-state index contributed by atoms with van der Waals surface area (Å²) in [6.07, 6.45) is 0.381. The van der Waals surface area contributed by atoms with Gasteiger partial charge >= 0.3 is 0 Å². The van der Waals surface area contributed by atoms with Crippen LogP contribution in [0.4, 0.5) is 0 Å². The van der Waals surface area contributed by atoms with Crippen LogP contribution in [-0.4, -0.2) is 104 Å². The molecule has 0 aliphatic heterocycles. The van der Waals surface area contributed by atoms with Gasteiger partial charge in [0.2, 0.25) is 29.5 Å². The molecule has 8 N–H and O–H groups in total. The lowest BCUT2D eigenvalue weighted by atomic mass is 10.0. The molecule has 0 fully saturated rings. The van der Waals surface area contributed by atoms with Crippen molar-refractivity contribution in [2.24, 2.45) is 16.6 Å². The number of aromatic nitrogens is 2. The number of nitrogens with one attached hydrogen (secondary N) is 5. The minimum Gasteiger partial charge on any atom is -0.595 e. The van der Waals surface area contributed by atoms with E-state index < -0.39 is 84.0 Å². The SMILES string of the molecule is CC(C)CC(NC(=O)CC(O)C(CSCc1ccccc1)NC(=O)C(Cc1cnc[nH]1)NC(=O)C(CSCc1ccccc1)N=C([O-])OC(C)(C)C)C(=O)NC(Cc1ccccc1)C(N)=O. The number of carbonyl (C=O) groups is 5. The minimum atomic E-state index is -1.45. The number of aliphatic hydroxyl groups is 1. The Hall–Kier alpha value is -5.85. The highest BCUT2D eigenvalue weighted by atomic mass is 32.2. The second kappa shape index (κ2) is 26.9. The van der Waals surface area contributed by atoms with Crippen LogP contribution in [0.25, 0.3) is 0 Å². The van der Waals surface area contributed by atoms with Crippen LogP contribution in [0.5, 0.6) is 0 Å². The van der Waals surface area contributed by atoms with Crippen molar-refractivity contribution in [3.63, 3.8) is 0 Å². The lowest BCUT2D eigenvalue weighted by molar-refractivity contribution is -0.260. The van der Waals surface area contributed by atoms with Crippen LogP contribution in [0.1, 0.15) is 69.8 Å². The summed E-state index contributed by atoms with van der Waals surface area (Å²) in [5.74, 6) is -2.13. The third kappa shape index (κ3) is 19.7. The number of aliphatic imine (C=N–C) groups is 1. The Morgan fingerprint density at radius 2 is 1.30 bits per heavy atom. The number of primary amides is 1. The highest BCUT2D eigenvalue weighted by Crippen LogP contribution is 2.18. The van der Waals surface area contributed by atoms with Crippen LogP contribution in [0, 0.1) is 5.92 Å². The molecule has 4 rings (SSSR count). The maximum atomic E-state index is 14.3. The summed E-state index contributed by atoms with van der Waals surface area (Å²) in [4.78, 5) is 79.2. The van der Waals surface area contributed by atoms with Crippen LogP contribution >= 0.6 is 23.5 Å². The number of H-pyrrole nitrogens is 1. The highest BCUT2D eigenvalue weighted by molar-refractivity contribution is 7.98. The molecule has 66 heavy (non-hydrogen) atoms. The second-order valence-electron chi connectivity index (χ2n) is 17.3. The van der Waals surface area contributed by atoms with E-state index in [4.69, 9.17) is 10.5 Å². The zero-order chi connectivity index (χ0) is 48.1. The van der Waals surface area contributed by atoms with Gasteiger partial charge in [-0.25, -0.2) is 4.98 Å². The topological polar surface area (TPSA) is 253 Å². The van der Waals surface area contributed by atoms with Crippen molar-refractivity contribution in [2.75, 3.05) is 11.5 Å². The summed E-state index contributed by atoms with van der Waals surface area (Å²) in [6.45, 7) is 8.82. The molecular weight excluding hydrogens is 881 g/mol. The molecule has 0 aliphatic carbocycles. The zero-order valence-electron chi connectivity index (χ0n) is 38.1. The molecule has 356 valence electrons. The first kappa shape index (κ1) is 52.8. The molecule has 3 aromatic carbocycles. The Balaban J connectivity index is 1.54.